The van der Waals surface area contributed by atoms with Gasteiger partial charge in [0.05, 0.1) is 11.5 Å². The highest BCUT2D eigenvalue weighted by atomic mass is 32.2. The molecule has 0 N–H and O–H groups in total. The summed E-state index contributed by atoms with van der Waals surface area (Å²) in [5.41, 5.74) is 0.680. The van der Waals surface area contributed by atoms with Crippen molar-refractivity contribution in [3.63, 3.8) is 0 Å². The van der Waals surface area contributed by atoms with Crippen LogP contribution in [0.4, 0.5) is 0 Å². The highest BCUT2D eigenvalue weighted by Gasteiger charge is 2.15. The van der Waals surface area contributed by atoms with E-state index in [0.717, 1.165) is 0 Å². The molecule has 0 atom stereocenters. The second kappa shape index (κ2) is 5.78. The van der Waals surface area contributed by atoms with Gasteiger partial charge in [0.25, 0.3) is 0 Å². The first-order valence-electron chi connectivity index (χ1n) is 5.49. The molecule has 0 aliphatic carbocycles. The molecule has 0 bridgehead atoms. The van der Waals surface area contributed by atoms with Crippen LogP contribution in [-0.4, -0.2) is 19.2 Å². The molecule has 5 heteroatoms. The number of sulfone groups is 1. The molecule has 1 aromatic heterocycles. The van der Waals surface area contributed by atoms with Crippen LogP contribution in [0.2, 0.25) is 0 Å². The minimum Gasteiger partial charge on any atom is -0.245 e. The second-order valence-electron chi connectivity index (χ2n) is 4.40. The third-order valence-electron chi connectivity index (χ3n) is 2.38. The Labute approximate surface area is 102 Å². The van der Waals surface area contributed by atoms with E-state index in [-0.39, 0.29) is 17.2 Å². The monoisotopic (exact) mass is 252 g/mol. The summed E-state index contributed by atoms with van der Waals surface area (Å²) in [6.07, 6.45) is 2.13. The highest BCUT2D eigenvalue weighted by Crippen LogP contribution is 2.12. The SMILES string of the molecule is CC(C)CCS(=O)(=O)Cc1cccnc1C#N. The van der Waals surface area contributed by atoms with Crippen LogP contribution in [0.1, 0.15) is 31.5 Å². The number of rotatable bonds is 5. The zero-order valence-corrected chi connectivity index (χ0v) is 10.9. The van der Waals surface area contributed by atoms with E-state index in [9.17, 15) is 8.42 Å². The molecule has 0 saturated carbocycles. The molecule has 0 spiro atoms. The minimum absolute atomic E-state index is 0.101. The summed E-state index contributed by atoms with van der Waals surface area (Å²) in [6, 6.07) is 5.19. The van der Waals surface area contributed by atoms with E-state index in [1.807, 2.05) is 19.9 Å². The molecule has 1 rings (SSSR count). The fourth-order valence-electron chi connectivity index (χ4n) is 1.38. The summed E-state index contributed by atoms with van der Waals surface area (Å²) >= 11 is 0. The van der Waals surface area contributed by atoms with Gasteiger partial charge in [0.2, 0.25) is 0 Å². The van der Waals surface area contributed by atoms with Crippen LogP contribution in [-0.2, 0) is 15.6 Å². The van der Waals surface area contributed by atoms with Gasteiger partial charge in [0.1, 0.15) is 11.8 Å². The van der Waals surface area contributed by atoms with Crippen molar-refractivity contribution in [1.82, 2.24) is 4.98 Å². The average Bonchev–Trinajstić information content (AvgIpc) is 2.27. The van der Waals surface area contributed by atoms with Crippen molar-refractivity contribution in [3.05, 3.63) is 29.6 Å². The molecule has 0 fully saturated rings. The smallest absolute Gasteiger partial charge is 0.154 e. The van der Waals surface area contributed by atoms with E-state index < -0.39 is 9.84 Å². The summed E-state index contributed by atoms with van der Waals surface area (Å²) < 4.78 is 23.7. The van der Waals surface area contributed by atoms with Crippen LogP contribution in [0.3, 0.4) is 0 Å². The Kier molecular flexibility index (Phi) is 4.64. The second-order valence-corrected chi connectivity index (χ2v) is 6.58. The molecule has 17 heavy (non-hydrogen) atoms. The number of hydrogen-bond donors (Lipinski definition) is 0. The van der Waals surface area contributed by atoms with Crippen LogP contribution in [0, 0.1) is 17.2 Å². The van der Waals surface area contributed by atoms with Crippen molar-refractivity contribution >= 4 is 9.84 Å². The third kappa shape index (κ3) is 4.53. The van der Waals surface area contributed by atoms with E-state index in [0.29, 0.717) is 17.9 Å². The summed E-state index contributed by atoms with van der Waals surface area (Å²) in [5, 5.41) is 8.83. The minimum atomic E-state index is -3.15. The van der Waals surface area contributed by atoms with Crippen molar-refractivity contribution < 1.29 is 8.42 Å². The van der Waals surface area contributed by atoms with E-state index in [2.05, 4.69) is 4.98 Å². The van der Waals surface area contributed by atoms with Gasteiger partial charge in [0, 0.05) is 11.8 Å². The van der Waals surface area contributed by atoms with Crippen molar-refractivity contribution in [3.8, 4) is 6.07 Å². The molecule has 0 unspecified atom stereocenters. The number of nitrogens with zero attached hydrogens (tertiary/aromatic N) is 2. The number of hydrogen-bond acceptors (Lipinski definition) is 4. The molecule has 0 saturated heterocycles. The third-order valence-corrected chi connectivity index (χ3v) is 3.99. The van der Waals surface area contributed by atoms with Gasteiger partial charge in [-0.2, -0.15) is 5.26 Å². The molecular formula is C12H16N2O2S. The van der Waals surface area contributed by atoms with E-state index >= 15 is 0 Å². The van der Waals surface area contributed by atoms with Crippen LogP contribution in [0.25, 0.3) is 0 Å². The molecule has 1 heterocycles. The predicted octanol–water partition coefficient (Wildman–Crippen LogP) is 1.91. The summed E-state index contributed by atoms with van der Waals surface area (Å²) in [5.74, 6) is 0.412. The molecule has 1 aromatic rings. The Balaban J connectivity index is 2.80. The van der Waals surface area contributed by atoms with Crippen LogP contribution in [0.5, 0.6) is 0 Å². The fourth-order valence-corrected chi connectivity index (χ4v) is 3.06. The van der Waals surface area contributed by atoms with Gasteiger partial charge >= 0.3 is 0 Å². The van der Waals surface area contributed by atoms with Crippen LogP contribution < -0.4 is 0 Å². The maximum absolute atomic E-state index is 11.8. The molecule has 0 aliphatic rings. The zero-order chi connectivity index (χ0) is 12.9. The largest absolute Gasteiger partial charge is 0.245 e. The molecule has 0 aromatic carbocycles. The first-order valence-corrected chi connectivity index (χ1v) is 7.31. The van der Waals surface area contributed by atoms with E-state index in [4.69, 9.17) is 5.26 Å². The highest BCUT2D eigenvalue weighted by molar-refractivity contribution is 7.90. The molecule has 0 amide bonds. The molecule has 0 radical (unpaired) electrons. The van der Waals surface area contributed by atoms with Gasteiger partial charge in [0.15, 0.2) is 9.84 Å². The van der Waals surface area contributed by atoms with Gasteiger partial charge in [-0.15, -0.1) is 0 Å². The average molecular weight is 252 g/mol. The van der Waals surface area contributed by atoms with Gasteiger partial charge in [-0.25, -0.2) is 13.4 Å². The molecular weight excluding hydrogens is 236 g/mol. The van der Waals surface area contributed by atoms with E-state index in [1.165, 1.54) is 6.20 Å². The van der Waals surface area contributed by atoms with Crippen LogP contribution in [0.15, 0.2) is 18.3 Å². The Morgan fingerprint density at radius 2 is 2.18 bits per heavy atom. The number of pyridine rings is 1. The zero-order valence-electron chi connectivity index (χ0n) is 10.0. The van der Waals surface area contributed by atoms with Crippen molar-refractivity contribution in [2.75, 3.05) is 5.75 Å². The molecule has 0 aliphatic heterocycles. The standard InChI is InChI=1S/C12H16N2O2S/c1-10(2)5-7-17(15,16)9-11-4-3-6-14-12(11)8-13/h3-4,6,10H,5,7,9H2,1-2H3. The van der Waals surface area contributed by atoms with Gasteiger partial charge < -0.3 is 0 Å². The lowest BCUT2D eigenvalue weighted by Gasteiger charge is -2.07. The Morgan fingerprint density at radius 3 is 2.76 bits per heavy atom. The summed E-state index contributed by atoms with van der Waals surface area (Å²) in [6.45, 7) is 3.97. The van der Waals surface area contributed by atoms with E-state index in [1.54, 1.807) is 12.1 Å². The normalized spacial score (nSPS) is 11.4. The van der Waals surface area contributed by atoms with Crippen molar-refractivity contribution in [1.29, 1.82) is 5.26 Å². The Morgan fingerprint density at radius 1 is 1.47 bits per heavy atom. The predicted molar refractivity (Wildman–Crippen MR) is 65.9 cm³/mol. The van der Waals surface area contributed by atoms with Crippen molar-refractivity contribution in [2.45, 2.75) is 26.0 Å². The molecule has 4 nitrogen and oxygen atoms in total. The quantitative estimate of drug-likeness (QED) is 0.802. The first kappa shape index (κ1) is 13.7. The fraction of sp³-hybridized carbons (Fsp3) is 0.500. The van der Waals surface area contributed by atoms with Gasteiger partial charge in [-0.3, -0.25) is 0 Å². The lowest BCUT2D eigenvalue weighted by Crippen LogP contribution is -2.12. The first-order chi connectivity index (χ1) is 7.94. The van der Waals surface area contributed by atoms with Crippen molar-refractivity contribution in [2.24, 2.45) is 5.92 Å². The summed E-state index contributed by atoms with van der Waals surface area (Å²) in [7, 11) is -3.15. The maximum Gasteiger partial charge on any atom is 0.154 e. The van der Waals surface area contributed by atoms with Gasteiger partial charge in [-0.05, 0) is 18.4 Å². The summed E-state index contributed by atoms with van der Waals surface area (Å²) in [4.78, 5) is 3.85. The van der Waals surface area contributed by atoms with Gasteiger partial charge in [-0.1, -0.05) is 19.9 Å². The topological polar surface area (TPSA) is 70.8 Å². The number of nitriles is 1. The number of aromatic nitrogens is 1. The lowest BCUT2D eigenvalue weighted by molar-refractivity contribution is 0.573. The Hall–Kier alpha value is -1.41. The molecule has 92 valence electrons. The lowest BCUT2D eigenvalue weighted by atomic mass is 10.2. The Bertz CT molecular complexity index is 516. The van der Waals surface area contributed by atoms with Crippen LogP contribution >= 0.6 is 0 Å². The maximum atomic E-state index is 11.8.